The first-order chi connectivity index (χ1) is 8.84. The van der Waals surface area contributed by atoms with Crippen molar-refractivity contribution in [3.63, 3.8) is 0 Å². The van der Waals surface area contributed by atoms with E-state index in [4.69, 9.17) is 10.5 Å². The quantitative estimate of drug-likeness (QED) is 0.858. The summed E-state index contributed by atoms with van der Waals surface area (Å²) in [6.45, 7) is 1.82. The van der Waals surface area contributed by atoms with Crippen LogP contribution in [0.25, 0.3) is 10.1 Å². The van der Waals surface area contributed by atoms with Gasteiger partial charge in [-0.2, -0.15) is 13.2 Å². The largest absolute Gasteiger partial charge is 0.462 e. The maximum absolute atomic E-state index is 12.6. The molecule has 1 heterocycles. The minimum absolute atomic E-state index is 0.135. The van der Waals surface area contributed by atoms with Crippen molar-refractivity contribution in [3.8, 4) is 0 Å². The number of hydrogen-bond donors (Lipinski definition) is 1. The van der Waals surface area contributed by atoms with Crippen LogP contribution in [-0.4, -0.2) is 12.6 Å². The van der Waals surface area contributed by atoms with Crippen molar-refractivity contribution in [2.75, 3.05) is 12.3 Å². The molecule has 102 valence electrons. The lowest BCUT2D eigenvalue weighted by Crippen LogP contribution is -2.06. The van der Waals surface area contributed by atoms with Crippen molar-refractivity contribution < 1.29 is 22.7 Å². The molecule has 1 aromatic heterocycles. The van der Waals surface area contributed by atoms with Crippen molar-refractivity contribution >= 4 is 32.4 Å². The normalized spacial score (nSPS) is 11.8. The molecule has 0 radical (unpaired) electrons. The molecule has 19 heavy (non-hydrogen) atoms. The van der Waals surface area contributed by atoms with Crippen LogP contribution in [0.2, 0.25) is 0 Å². The summed E-state index contributed by atoms with van der Waals surface area (Å²) in [5.41, 5.74) is 5.05. The highest BCUT2D eigenvalue weighted by Gasteiger charge is 2.31. The molecule has 0 unspecified atom stereocenters. The number of rotatable bonds is 2. The molecule has 0 atom stereocenters. The third-order valence-corrected chi connectivity index (χ3v) is 3.51. The number of ether oxygens (including phenoxy) is 1. The van der Waals surface area contributed by atoms with Crippen molar-refractivity contribution in [2.24, 2.45) is 0 Å². The summed E-state index contributed by atoms with van der Waals surface area (Å²) in [4.78, 5) is 11.7. The number of esters is 1. The van der Waals surface area contributed by atoms with E-state index in [-0.39, 0.29) is 17.2 Å². The van der Waals surface area contributed by atoms with Crippen LogP contribution in [0.1, 0.15) is 22.8 Å². The van der Waals surface area contributed by atoms with Crippen molar-refractivity contribution in [3.05, 3.63) is 29.3 Å². The third kappa shape index (κ3) is 2.51. The predicted octanol–water partition coefficient (Wildman–Crippen LogP) is 3.68. The molecule has 7 heteroatoms. The van der Waals surface area contributed by atoms with Gasteiger partial charge in [0.25, 0.3) is 0 Å². The Labute approximate surface area is 110 Å². The fourth-order valence-electron chi connectivity index (χ4n) is 1.71. The first kappa shape index (κ1) is 13.7. The Balaban J connectivity index is 2.57. The van der Waals surface area contributed by atoms with Gasteiger partial charge < -0.3 is 10.5 Å². The zero-order valence-electron chi connectivity index (χ0n) is 9.88. The molecule has 1 aromatic carbocycles. The van der Waals surface area contributed by atoms with Gasteiger partial charge in [0.1, 0.15) is 10.6 Å². The second kappa shape index (κ2) is 4.73. The van der Waals surface area contributed by atoms with E-state index >= 15 is 0 Å². The van der Waals surface area contributed by atoms with E-state index in [1.165, 1.54) is 6.07 Å². The molecule has 0 bridgehead atoms. The minimum atomic E-state index is -4.42. The highest BCUT2D eigenvalue weighted by atomic mass is 32.1. The fraction of sp³-hybridized carbons (Fsp3) is 0.250. The van der Waals surface area contributed by atoms with E-state index in [1.54, 1.807) is 6.92 Å². The van der Waals surface area contributed by atoms with Crippen LogP contribution in [0, 0.1) is 0 Å². The maximum atomic E-state index is 12.6. The minimum Gasteiger partial charge on any atom is -0.462 e. The lowest BCUT2D eigenvalue weighted by molar-refractivity contribution is -0.137. The number of halogens is 3. The van der Waals surface area contributed by atoms with E-state index in [0.717, 1.165) is 23.5 Å². The lowest BCUT2D eigenvalue weighted by atomic mass is 10.1. The Morgan fingerprint density at radius 1 is 1.42 bits per heavy atom. The number of hydrogen-bond acceptors (Lipinski definition) is 4. The Kier molecular flexibility index (Phi) is 3.40. The van der Waals surface area contributed by atoms with Crippen LogP contribution in [0.15, 0.2) is 18.2 Å². The first-order valence-electron chi connectivity index (χ1n) is 5.41. The second-order valence-corrected chi connectivity index (χ2v) is 4.85. The standard InChI is InChI=1S/C12H10F3NO2S/c1-2-18-11(17)9-7-4-3-6(12(13,14)15)5-8(7)19-10(9)16/h3-5H,2,16H2,1H3. The molecule has 0 saturated carbocycles. The molecule has 2 aromatic rings. The van der Waals surface area contributed by atoms with Crippen LogP contribution in [0.4, 0.5) is 18.2 Å². The zero-order valence-corrected chi connectivity index (χ0v) is 10.7. The third-order valence-electron chi connectivity index (χ3n) is 2.52. The van der Waals surface area contributed by atoms with Crippen molar-refractivity contribution in [1.29, 1.82) is 0 Å². The van der Waals surface area contributed by atoms with E-state index in [2.05, 4.69) is 0 Å². The Morgan fingerprint density at radius 2 is 2.11 bits per heavy atom. The summed E-state index contributed by atoms with van der Waals surface area (Å²) >= 11 is 0.940. The number of carbonyl (C=O) groups is 1. The smallest absolute Gasteiger partial charge is 0.416 e. The second-order valence-electron chi connectivity index (χ2n) is 3.77. The van der Waals surface area contributed by atoms with Crippen LogP contribution < -0.4 is 5.73 Å². The van der Waals surface area contributed by atoms with Gasteiger partial charge in [0, 0.05) is 10.1 Å². The number of carbonyl (C=O) groups excluding carboxylic acids is 1. The fourth-order valence-corrected chi connectivity index (χ4v) is 2.70. The Bertz CT molecular complexity index is 634. The van der Waals surface area contributed by atoms with Gasteiger partial charge in [-0.3, -0.25) is 0 Å². The molecule has 0 aliphatic heterocycles. The molecule has 0 aliphatic carbocycles. The summed E-state index contributed by atoms with van der Waals surface area (Å²) in [5, 5.41) is 0.543. The monoisotopic (exact) mass is 289 g/mol. The predicted molar refractivity (Wildman–Crippen MR) is 67.2 cm³/mol. The number of benzene rings is 1. The Hall–Kier alpha value is -1.76. The SMILES string of the molecule is CCOC(=O)c1c(N)sc2cc(C(F)(F)F)ccc12. The number of thiophene rings is 1. The average molecular weight is 289 g/mol. The van der Waals surface area contributed by atoms with E-state index in [0.29, 0.717) is 10.1 Å². The number of alkyl halides is 3. The average Bonchev–Trinajstić information content (AvgIpc) is 2.62. The van der Waals surface area contributed by atoms with Gasteiger partial charge in [-0.25, -0.2) is 4.79 Å². The van der Waals surface area contributed by atoms with Gasteiger partial charge in [-0.15, -0.1) is 11.3 Å². The molecule has 0 saturated heterocycles. The van der Waals surface area contributed by atoms with Crippen molar-refractivity contribution in [1.82, 2.24) is 0 Å². The van der Waals surface area contributed by atoms with Crippen LogP contribution in [-0.2, 0) is 10.9 Å². The van der Waals surface area contributed by atoms with E-state index < -0.39 is 17.7 Å². The van der Waals surface area contributed by atoms with Gasteiger partial charge >= 0.3 is 12.1 Å². The van der Waals surface area contributed by atoms with Crippen LogP contribution in [0.3, 0.4) is 0 Å². The highest BCUT2D eigenvalue weighted by molar-refractivity contribution is 7.23. The van der Waals surface area contributed by atoms with Gasteiger partial charge in [0.15, 0.2) is 0 Å². The summed E-state index contributed by atoms with van der Waals surface area (Å²) in [5.74, 6) is -0.619. The van der Waals surface area contributed by atoms with Crippen molar-refractivity contribution in [2.45, 2.75) is 13.1 Å². The molecule has 2 N–H and O–H groups in total. The summed E-state index contributed by atoms with van der Waals surface area (Å²) < 4.78 is 42.9. The number of anilines is 1. The molecule has 0 amide bonds. The van der Waals surface area contributed by atoms with Crippen LogP contribution >= 0.6 is 11.3 Å². The molecular formula is C12H10F3NO2S. The van der Waals surface area contributed by atoms with E-state index in [1.807, 2.05) is 0 Å². The number of nitrogens with two attached hydrogens (primary N) is 1. The molecule has 3 nitrogen and oxygen atoms in total. The van der Waals surface area contributed by atoms with Crippen LogP contribution in [0.5, 0.6) is 0 Å². The van der Waals surface area contributed by atoms with E-state index in [9.17, 15) is 18.0 Å². The maximum Gasteiger partial charge on any atom is 0.416 e. The van der Waals surface area contributed by atoms with Gasteiger partial charge in [-0.05, 0) is 19.1 Å². The lowest BCUT2D eigenvalue weighted by Gasteiger charge is -2.06. The molecule has 0 fully saturated rings. The molecule has 2 rings (SSSR count). The Morgan fingerprint density at radius 3 is 2.68 bits per heavy atom. The zero-order chi connectivity index (χ0) is 14.2. The highest BCUT2D eigenvalue weighted by Crippen LogP contribution is 2.38. The molecule has 0 spiro atoms. The summed E-state index contributed by atoms with van der Waals surface area (Å²) in [7, 11) is 0. The summed E-state index contributed by atoms with van der Waals surface area (Å²) in [6.07, 6.45) is -4.42. The molecule has 0 aliphatic rings. The van der Waals surface area contributed by atoms with Gasteiger partial charge in [-0.1, -0.05) is 6.07 Å². The summed E-state index contributed by atoms with van der Waals surface area (Å²) in [6, 6.07) is 3.16. The van der Waals surface area contributed by atoms with Gasteiger partial charge in [0.2, 0.25) is 0 Å². The number of nitrogen functional groups attached to an aromatic ring is 1. The first-order valence-corrected chi connectivity index (χ1v) is 6.22. The van der Waals surface area contributed by atoms with Gasteiger partial charge in [0.05, 0.1) is 12.2 Å². The number of fused-ring (bicyclic) bond motifs is 1. The topological polar surface area (TPSA) is 52.3 Å². The molecular weight excluding hydrogens is 279 g/mol.